The largest absolute Gasteiger partial charge is 0.493 e. The van der Waals surface area contributed by atoms with Crippen LogP contribution in [-0.4, -0.2) is 41.2 Å². The van der Waals surface area contributed by atoms with Crippen LogP contribution in [-0.2, 0) is 22.7 Å². The molecule has 0 spiro atoms. The molecule has 1 fully saturated rings. The van der Waals surface area contributed by atoms with Crippen LogP contribution in [0.1, 0.15) is 27.4 Å². The molecule has 1 saturated heterocycles. The maximum atomic E-state index is 12.9. The fourth-order valence-electron chi connectivity index (χ4n) is 3.40. The quantitative estimate of drug-likeness (QED) is 0.166. The first kappa shape index (κ1) is 25.5. The lowest BCUT2D eigenvalue weighted by molar-refractivity contribution is -0.384. The van der Waals surface area contributed by atoms with Gasteiger partial charge in [-0.2, -0.15) is 0 Å². The normalized spacial score (nSPS) is 14.2. The summed E-state index contributed by atoms with van der Waals surface area (Å²) in [7, 11) is 2.72. The number of furan rings is 1. The SMILES string of the molecule is COC(=O)c1ccc(COc2ccc(/C=C3/SC(=O)N(Cc4ccc([N+](=O)[O-])cc4)C3=O)cc2OC)o1. The molecular weight excluding hydrogens is 504 g/mol. The number of esters is 1. The third kappa shape index (κ3) is 5.81. The molecule has 0 radical (unpaired) electrons. The minimum atomic E-state index is -0.592. The molecular formula is C25H20N2O9S. The zero-order valence-corrected chi connectivity index (χ0v) is 20.5. The summed E-state index contributed by atoms with van der Waals surface area (Å²) >= 11 is 0.804. The Balaban J connectivity index is 1.44. The van der Waals surface area contributed by atoms with Gasteiger partial charge in [0.2, 0.25) is 5.76 Å². The van der Waals surface area contributed by atoms with Crippen LogP contribution in [0.5, 0.6) is 11.5 Å². The van der Waals surface area contributed by atoms with Gasteiger partial charge < -0.3 is 18.6 Å². The van der Waals surface area contributed by atoms with E-state index in [1.54, 1.807) is 30.3 Å². The molecule has 2 aromatic carbocycles. The number of carbonyl (C=O) groups is 3. The average molecular weight is 525 g/mol. The maximum Gasteiger partial charge on any atom is 0.373 e. The molecule has 0 bridgehead atoms. The highest BCUT2D eigenvalue weighted by atomic mass is 32.2. The number of hydrogen-bond acceptors (Lipinski definition) is 10. The molecule has 190 valence electrons. The molecule has 3 aromatic rings. The van der Waals surface area contributed by atoms with E-state index in [-0.39, 0.29) is 29.5 Å². The predicted molar refractivity (Wildman–Crippen MR) is 132 cm³/mol. The number of nitro benzene ring substituents is 1. The van der Waals surface area contributed by atoms with Gasteiger partial charge in [0, 0.05) is 12.1 Å². The second kappa shape index (κ2) is 11.0. The topological polar surface area (TPSA) is 138 Å². The summed E-state index contributed by atoms with van der Waals surface area (Å²) < 4.78 is 21.1. The summed E-state index contributed by atoms with van der Waals surface area (Å²) in [6.45, 7) is 0.0365. The van der Waals surface area contributed by atoms with Crippen LogP contribution in [0.3, 0.4) is 0 Å². The first-order valence-electron chi connectivity index (χ1n) is 10.8. The van der Waals surface area contributed by atoms with Crippen molar-refractivity contribution in [1.29, 1.82) is 0 Å². The van der Waals surface area contributed by atoms with E-state index in [1.165, 1.54) is 44.6 Å². The summed E-state index contributed by atoms with van der Waals surface area (Å²) in [5.41, 5.74) is 1.12. The molecule has 0 saturated carbocycles. The lowest BCUT2D eigenvalue weighted by atomic mass is 10.1. The number of imide groups is 1. The van der Waals surface area contributed by atoms with Crippen molar-refractivity contribution in [1.82, 2.24) is 4.90 Å². The monoisotopic (exact) mass is 524 g/mol. The highest BCUT2D eigenvalue weighted by Crippen LogP contribution is 2.35. The number of benzene rings is 2. The molecule has 12 heteroatoms. The average Bonchev–Trinajstić information content (AvgIpc) is 3.48. The zero-order chi connectivity index (χ0) is 26.5. The van der Waals surface area contributed by atoms with E-state index in [0.717, 1.165) is 16.7 Å². The van der Waals surface area contributed by atoms with Gasteiger partial charge in [-0.3, -0.25) is 24.6 Å². The Morgan fingerprint density at radius 2 is 1.84 bits per heavy atom. The summed E-state index contributed by atoms with van der Waals surface area (Å²) in [5.74, 6) is 0.205. The van der Waals surface area contributed by atoms with Gasteiger partial charge >= 0.3 is 5.97 Å². The maximum absolute atomic E-state index is 12.9. The Morgan fingerprint density at radius 1 is 1.08 bits per heavy atom. The number of ether oxygens (including phenoxy) is 3. The second-order valence-corrected chi connectivity index (χ2v) is 8.64. The predicted octanol–water partition coefficient (Wildman–Crippen LogP) is 4.80. The smallest absolute Gasteiger partial charge is 0.373 e. The van der Waals surface area contributed by atoms with E-state index in [2.05, 4.69) is 4.74 Å². The number of thioether (sulfide) groups is 1. The first-order chi connectivity index (χ1) is 17.8. The molecule has 2 heterocycles. The number of hydrogen-bond donors (Lipinski definition) is 0. The number of methoxy groups -OCH3 is 2. The summed E-state index contributed by atoms with van der Waals surface area (Å²) in [6.07, 6.45) is 1.57. The Kier molecular flexibility index (Phi) is 7.58. The van der Waals surface area contributed by atoms with Gasteiger partial charge in [-0.1, -0.05) is 18.2 Å². The molecule has 1 aliphatic rings. The summed E-state index contributed by atoms with van der Waals surface area (Å²) in [5, 5.41) is 10.4. The third-order valence-electron chi connectivity index (χ3n) is 5.27. The fraction of sp³-hybridized carbons (Fsp3) is 0.160. The van der Waals surface area contributed by atoms with Gasteiger partial charge in [-0.15, -0.1) is 0 Å². The van der Waals surface area contributed by atoms with Gasteiger partial charge in [0.05, 0.1) is 30.6 Å². The van der Waals surface area contributed by atoms with Crippen LogP contribution >= 0.6 is 11.8 Å². The summed E-state index contributed by atoms with van der Waals surface area (Å²) in [4.78, 5) is 48.5. The van der Waals surface area contributed by atoms with Crippen molar-refractivity contribution in [3.63, 3.8) is 0 Å². The van der Waals surface area contributed by atoms with Crippen LogP contribution in [0, 0.1) is 10.1 Å². The van der Waals surface area contributed by atoms with E-state index in [9.17, 15) is 24.5 Å². The van der Waals surface area contributed by atoms with Gasteiger partial charge in [-0.05, 0) is 53.2 Å². The van der Waals surface area contributed by atoms with Crippen molar-refractivity contribution in [2.45, 2.75) is 13.2 Å². The summed E-state index contributed by atoms with van der Waals surface area (Å²) in [6, 6.07) is 13.7. The zero-order valence-electron chi connectivity index (χ0n) is 19.7. The van der Waals surface area contributed by atoms with Crippen molar-refractivity contribution in [3.8, 4) is 11.5 Å². The number of nitro groups is 1. The van der Waals surface area contributed by atoms with E-state index in [0.29, 0.717) is 28.4 Å². The molecule has 0 aliphatic carbocycles. The molecule has 11 nitrogen and oxygen atoms in total. The standard InChI is InChI=1S/C25H20N2O9S/c1-33-21-11-16(5-9-19(21)35-14-18-8-10-20(36-18)24(29)34-2)12-22-23(28)26(25(30)37-22)13-15-3-6-17(7-4-15)27(31)32/h3-12H,13-14H2,1-2H3/b22-12+. The number of amides is 2. The molecule has 1 aromatic heterocycles. The molecule has 1 aliphatic heterocycles. The van der Waals surface area contributed by atoms with Crippen molar-refractivity contribution in [2.24, 2.45) is 0 Å². The van der Waals surface area contributed by atoms with Crippen molar-refractivity contribution >= 4 is 40.6 Å². The fourth-order valence-corrected chi connectivity index (χ4v) is 4.24. The lowest BCUT2D eigenvalue weighted by Crippen LogP contribution is -2.27. The number of rotatable bonds is 9. The number of nitrogens with zero attached hydrogens (tertiary/aromatic N) is 2. The van der Waals surface area contributed by atoms with Crippen molar-refractivity contribution in [2.75, 3.05) is 14.2 Å². The van der Waals surface area contributed by atoms with Crippen LogP contribution in [0.2, 0.25) is 0 Å². The number of non-ortho nitro benzene ring substituents is 1. The van der Waals surface area contributed by atoms with Gasteiger partial charge in [-0.25, -0.2) is 4.79 Å². The van der Waals surface area contributed by atoms with Crippen LogP contribution in [0.15, 0.2) is 63.9 Å². The van der Waals surface area contributed by atoms with E-state index in [4.69, 9.17) is 13.9 Å². The molecule has 0 atom stereocenters. The molecule has 37 heavy (non-hydrogen) atoms. The van der Waals surface area contributed by atoms with E-state index in [1.807, 2.05) is 0 Å². The lowest BCUT2D eigenvalue weighted by Gasteiger charge is -2.12. The van der Waals surface area contributed by atoms with Crippen molar-refractivity contribution in [3.05, 3.63) is 92.3 Å². The van der Waals surface area contributed by atoms with E-state index >= 15 is 0 Å². The molecule has 2 amide bonds. The minimum Gasteiger partial charge on any atom is -0.493 e. The van der Waals surface area contributed by atoms with Gasteiger partial charge in [0.1, 0.15) is 12.4 Å². The van der Waals surface area contributed by atoms with Crippen LogP contribution < -0.4 is 9.47 Å². The Hall–Kier alpha value is -4.58. The Morgan fingerprint density at radius 3 is 2.51 bits per heavy atom. The Labute approximate surface area is 214 Å². The Bertz CT molecular complexity index is 1400. The number of carbonyl (C=O) groups excluding carboxylic acids is 3. The minimum absolute atomic E-state index is 0.000567. The molecule has 4 rings (SSSR count). The van der Waals surface area contributed by atoms with Crippen LogP contribution in [0.25, 0.3) is 6.08 Å². The first-order valence-corrected chi connectivity index (χ1v) is 11.6. The van der Waals surface area contributed by atoms with E-state index < -0.39 is 22.0 Å². The van der Waals surface area contributed by atoms with Gasteiger partial charge in [0.25, 0.3) is 16.8 Å². The highest BCUT2D eigenvalue weighted by Gasteiger charge is 2.35. The third-order valence-corrected chi connectivity index (χ3v) is 6.17. The highest BCUT2D eigenvalue weighted by molar-refractivity contribution is 8.18. The van der Waals surface area contributed by atoms with Gasteiger partial charge in [0.15, 0.2) is 11.5 Å². The van der Waals surface area contributed by atoms with Crippen molar-refractivity contribution < 1.29 is 37.9 Å². The second-order valence-electron chi connectivity index (χ2n) is 7.65. The molecule has 0 N–H and O–H groups in total. The van der Waals surface area contributed by atoms with Crippen LogP contribution in [0.4, 0.5) is 10.5 Å². The molecule has 0 unspecified atom stereocenters.